The summed E-state index contributed by atoms with van der Waals surface area (Å²) in [4.78, 5) is 0. The van der Waals surface area contributed by atoms with Crippen LogP contribution in [0.2, 0.25) is 0 Å². The van der Waals surface area contributed by atoms with Gasteiger partial charge in [-0.3, -0.25) is 0 Å². The van der Waals surface area contributed by atoms with Crippen LogP contribution in [-0.4, -0.2) is 19.3 Å². The Labute approximate surface area is 149 Å². The summed E-state index contributed by atoms with van der Waals surface area (Å²) in [5.41, 5.74) is 1.22. The number of ether oxygens (including phenoxy) is 2. The van der Waals surface area contributed by atoms with Crippen LogP contribution < -0.4 is 0 Å². The molecule has 0 aliphatic rings. The minimum absolute atomic E-state index is 0.187. The molecule has 0 aromatic heterocycles. The average molecular weight is 335 g/mol. The summed E-state index contributed by atoms with van der Waals surface area (Å²) in [5.74, 6) is 0. The average Bonchev–Trinajstić information content (AvgIpc) is 2.60. The van der Waals surface area contributed by atoms with Crippen molar-refractivity contribution in [1.29, 1.82) is 0 Å². The molecule has 0 radical (unpaired) electrons. The maximum Gasteiger partial charge on any atom is 0.0780 e. The lowest BCUT2D eigenvalue weighted by Crippen LogP contribution is -2.16. The number of hydrogen-bond acceptors (Lipinski definition) is 2. The second-order valence-electron chi connectivity index (χ2n) is 6.86. The highest BCUT2D eigenvalue weighted by Gasteiger charge is 2.02. The Balaban J connectivity index is 1.82. The highest BCUT2D eigenvalue weighted by atomic mass is 16.5. The van der Waals surface area contributed by atoms with E-state index >= 15 is 0 Å². The first kappa shape index (κ1) is 21.2. The Kier molecular flexibility index (Phi) is 13.8. The van der Waals surface area contributed by atoms with Crippen molar-refractivity contribution in [2.75, 3.05) is 13.2 Å². The number of rotatable bonds is 16. The third-order valence-corrected chi connectivity index (χ3v) is 4.36. The van der Waals surface area contributed by atoms with Gasteiger partial charge in [-0.2, -0.15) is 0 Å². The highest BCUT2D eigenvalue weighted by Crippen LogP contribution is 2.10. The molecule has 0 heterocycles. The summed E-state index contributed by atoms with van der Waals surface area (Å²) in [6.07, 6.45) is 13.9. The molecule has 1 aromatic carbocycles. The zero-order valence-electron chi connectivity index (χ0n) is 16.0. The Bertz CT molecular complexity index is 363. The molecule has 138 valence electrons. The van der Waals surface area contributed by atoms with E-state index in [9.17, 15) is 0 Å². The van der Waals surface area contributed by atoms with Crippen LogP contribution in [0.25, 0.3) is 0 Å². The van der Waals surface area contributed by atoms with Gasteiger partial charge >= 0.3 is 0 Å². The smallest absolute Gasteiger partial charge is 0.0780 e. The molecule has 0 aliphatic heterocycles. The van der Waals surface area contributed by atoms with Crippen LogP contribution >= 0.6 is 0 Å². The van der Waals surface area contributed by atoms with E-state index in [1.165, 1.54) is 69.8 Å². The van der Waals surface area contributed by atoms with Gasteiger partial charge in [-0.1, -0.05) is 95.0 Å². The van der Waals surface area contributed by atoms with Crippen molar-refractivity contribution >= 4 is 0 Å². The molecule has 1 aromatic rings. The first-order valence-electron chi connectivity index (χ1n) is 10.1. The predicted octanol–water partition coefficient (Wildman–Crippen LogP) is 6.53. The van der Waals surface area contributed by atoms with Gasteiger partial charge in [0.15, 0.2) is 0 Å². The number of benzene rings is 1. The number of hydrogen-bond donors (Lipinski definition) is 0. The molecule has 2 nitrogen and oxygen atoms in total. The maximum atomic E-state index is 5.83. The van der Waals surface area contributed by atoms with Gasteiger partial charge in [0, 0.05) is 6.61 Å². The fourth-order valence-corrected chi connectivity index (χ4v) is 2.84. The van der Waals surface area contributed by atoms with E-state index in [4.69, 9.17) is 9.47 Å². The predicted molar refractivity (Wildman–Crippen MR) is 103 cm³/mol. The second kappa shape index (κ2) is 15.7. The molecule has 1 unspecified atom stereocenters. The van der Waals surface area contributed by atoms with E-state index in [2.05, 4.69) is 26.0 Å². The van der Waals surface area contributed by atoms with Crippen molar-refractivity contribution < 1.29 is 9.47 Å². The van der Waals surface area contributed by atoms with Crippen molar-refractivity contribution in [3.05, 3.63) is 35.9 Å². The van der Waals surface area contributed by atoms with Gasteiger partial charge in [0.2, 0.25) is 0 Å². The lowest BCUT2D eigenvalue weighted by atomic mass is 10.1. The SMILES string of the molecule is CCCCCCCCCCCCOC(C)COCc1ccccc1. The Morgan fingerprint density at radius 1 is 0.792 bits per heavy atom. The fraction of sp³-hybridized carbons (Fsp3) is 0.727. The maximum absolute atomic E-state index is 5.83. The molecule has 24 heavy (non-hydrogen) atoms. The molecule has 0 N–H and O–H groups in total. The van der Waals surface area contributed by atoms with Crippen LogP contribution in [0.3, 0.4) is 0 Å². The minimum Gasteiger partial charge on any atom is -0.376 e. The topological polar surface area (TPSA) is 18.5 Å². The summed E-state index contributed by atoms with van der Waals surface area (Å²) in [6.45, 7) is 6.59. The van der Waals surface area contributed by atoms with Crippen LogP contribution in [-0.2, 0) is 16.1 Å². The lowest BCUT2D eigenvalue weighted by molar-refractivity contribution is -0.0132. The first-order chi connectivity index (χ1) is 11.8. The molecule has 0 fully saturated rings. The van der Waals surface area contributed by atoms with Crippen LogP contribution in [0.15, 0.2) is 30.3 Å². The van der Waals surface area contributed by atoms with Crippen LogP contribution in [0, 0.1) is 0 Å². The van der Waals surface area contributed by atoms with Crippen LogP contribution in [0.5, 0.6) is 0 Å². The number of unbranched alkanes of at least 4 members (excludes halogenated alkanes) is 9. The standard InChI is InChI=1S/C22H38O2/c1-3-4-5-6-7-8-9-10-11-15-18-24-21(2)19-23-20-22-16-13-12-14-17-22/h12-14,16-17,21H,3-11,15,18-20H2,1-2H3. The monoisotopic (exact) mass is 334 g/mol. The van der Waals surface area contributed by atoms with Crippen molar-refractivity contribution in [2.24, 2.45) is 0 Å². The summed E-state index contributed by atoms with van der Waals surface area (Å²) in [6, 6.07) is 10.3. The first-order valence-corrected chi connectivity index (χ1v) is 10.1. The molecule has 0 saturated heterocycles. The van der Waals surface area contributed by atoms with E-state index < -0.39 is 0 Å². The van der Waals surface area contributed by atoms with E-state index in [-0.39, 0.29) is 6.10 Å². The normalized spacial score (nSPS) is 12.4. The Morgan fingerprint density at radius 3 is 2.00 bits per heavy atom. The highest BCUT2D eigenvalue weighted by molar-refractivity contribution is 5.13. The fourth-order valence-electron chi connectivity index (χ4n) is 2.84. The van der Waals surface area contributed by atoms with Gasteiger partial charge in [0.25, 0.3) is 0 Å². The van der Waals surface area contributed by atoms with Gasteiger partial charge < -0.3 is 9.47 Å². The minimum atomic E-state index is 0.187. The summed E-state index contributed by atoms with van der Waals surface area (Å²) in [5, 5.41) is 0. The second-order valence-corrected chi connectivity index (χ2v) is 6.86. The van der Waals surface area contributed by atoms with Gasteiger partial charge in [-0.05, 0) is 18.9 Å². The van der Waals surface area contributed by atoms with E-state index in [1.807, 2.05) is 18.2 Å². The molecule has 0 amide bonds. The van der Waals surface area contributed by atoms with E-state index in [0.717, 1.165) is 6.61 Å². The van der Waals surface area contributed by atoms with E-state index in [0.29, 0.717) is 13.2 Å². The van der Waals surface area contributed by atoms with Gasteiger partial charge in [-0.25, -0.2) is 0 Å². The van der Waals surface area contributed by atoms with Crippen molar-refractivity contribution in [2.45, 2.75) is 90.8 Å². The molecule has 1 rings (SSSR count). The third-order valence-electron chi connectivity index (χ3n) is 4.36. The molecule has 0 bridgehead atoms. The molecule has 1 atom stereocenters. The molecule has 0 spiro atoms. The Hall–Kier alpha value is -0.860. The van der Waals surface area contributed by atoms with Gasteiger partial charge in [-0.15, -0.1) is 0 Å². The van der Waals surface area contributed by atoms with Gasteiger partial charge in [0.05, 0.1) is 19.3 Å². The van der Waals surface area contributed by atoms with E-state index in [1.54, 1.807) is 0 Å². The quantitative estimate of drug-likeness (QED) is 0.320. The summed E-state index contributed by atoms with van der Waals surface area (Å²) in [7, 11) is 0. The molecular weight excluding hydrogens is 296 g/mol. The molecule has 0 saturated carbocycles. The van der Waals surface area contributed by atoms with Crippen molar-refractivity contribution in [3.63, 3.8) is 0 Å². The molecule has 0 aliphatic carbocycles. The zero-order valence-corrected chi connectivity index (χ0v) is 16.0. The molecular formula is C22H38O2. The summed E-state index contributed by atoms with van der Waals surface area (Å²) >= 11 is 0. The van der Waals surface area contributed by atoms with Crippen molar-refractivity contribution in [3.8, 4) is 0 Å². The van der Waals surface area contributed by atoms with Gasteiger partial charge in [0.1, 0.15) is 0 Å². The van der Waals surface area contributed by atoms with Crippen molar-refractivity contribution in [1.82, 2.24) is 0 Å². The third kappa shape index (κ3) is 12.5. The van der Waals surface area contributed by atoms with Crippen LogP contribution in [0.4, 0.5) is 0 Å². The largest absolute Gasteiger partial charge is 0.376 e. The zero-order chi connectivity index (χ0) is 17.3. The summed E-state index contributed by atoms with van der Waals surface area (Å²) < 4.78 is 11.5. The Morgan fingerprint density at radius 2 is 1.38 bits per heavy atom. The molecule has 2 heteroatoms. The lowest BCUT2D eigenvalue weighted by Gasteiger charge is -2.13. The van der Waals surface area contributed by atoms with Crippen LogP contribution in [0.1, 0.15) is 83.6 Å².